The molecular formula is C10H15N7OS2. The number of aromatic nitrogens is 6. The Bertz CT molecular complexity index is 527. The highest BCUT2D eigenvalue weighted by molar-refractivity contribution is 7.99. The van der Waals surface area contributed by atoms with E-state index in [1.807, 2.05) is 6.92 Å². The van der Waals surface area contributed by atoms with Crippen molar-refractivity contribution in [2.24, 2.45) is 0 Å². The van der Waals surface area contributed by atoms with E-state index < -0.39 is 0 Å². The van der Waals surface area contributed by atoms with E-state index >= 15 is 0 Å². The van der Waals surface area contributed by atoms with E-state index in [1.54, 1.807) is 6.20 Å². The topological polar surface area (TPSA) is 112 Å². The molecule has 0 bridgehead atoms. The highest BCUT2D eigenvalue weighted by atomic mass is 32.2. The van der Waals surface area contributed by atoms with Crippen molar-refractivity contribution in [3.05, 3.63) is 12.0 Å². The second-order valence-corrected chi connectivity index (χ2v) is 5.77. The Hall–Kier alpha value is -1.55. The number of aryl methyl sites for hydroxylation is 1. The fourth-order valence-electron chi connectivity index (χ4n) is 1.29. The summed E-state index contributed by atoms with van der Waals surface area (Å²) in [6.07, 6.45) is 2.45. The number of carbonyl (C=O) groups excluding carboxylic acids is 1. The maximum atomic E-state index is 11.6. The second kappa shape index (κ2) is 7.90. The molecule has 3 N–H and O–H groups in total. The third-order valence-corrected chi connectivity index (χ3v) is 3.99. The summed E-state index contributed by atoms with van der Waals surface area (Å²) in [6.45, 7) is 2.58. The smallest absolute Gasteiger partial charge is 0.230 e. The molecular weight excluding hydrogens is 298 g/mol. The number of amides is 1. The number of thioether (sulfide) groups is 2. The van der Waals surface area contributed by atoms with Crippen LogP contribution in [0.5, 0.6) is 0 Å². The Morgan fingerprint density at radius 2 is 2.30 bits per heavy atom. The third kappa shape index (κ3) is 4.85. The summed E-state index contributed by atoms with van der Waals surface area (Å²) in [5.41, 5.74) is 0. The summed E-state index contributed by atoms with van der Waals surface area (Å²) in [4.78, 5) is 15.8. The van der Waals surface area contributed by atoms with Gasteiger partial charge in [0, 0.05) is 18.7 Å². The Balaban J connectivity index is 1.58. The minimum atomic E-state index is -0.0291. The highest BCUT2D eigenvalue weighted by Crippen LogP contribution is 2.12. The fraction of sp³-hybridized carbons (Fsp3) is 0.500. The van der Waals surface area contributed by atoms with Crippen LogP contribution in [0.2, 0.25) is 0 Å². The molecule has 108 valence electrons. The molecule has 8 nitrogen and oxygen atoms in total. The number of H-pyrrole nitrogens is 2. The Labute approximate surface area is 124 Å². The van der Waals surface area contributed by atoms with Crippen molar-refractivity contribution in [2.75, 3.05) is 18.1 Å². The molecule has 0 aliphatic carbocycles. The Morgan fingerprint density at radius 1 is 1.40 bits per heavy atom. The molecule has 1 amide bonds. The third-order valence-electron chi connectivity index (χ3n) is 2.25. The van der Waals surface area contributed by atoms with E-state index in [-0.39, 0.29) is 5.91 Å². The molecule has 0 fully saturated rings. The van der Waals surface area contributed by atoms with Crippen LogP contribution in [0.15, 0.2) is 16.4 Å². The van der Waals surface area contributed by atoms with Gasteiger partial charge in [-0.05, 0) is 0 Å². The first-order chi connectivity index (χ1) is 9.78. The van der Waals surface area contributed by atoms with Crippen LogP contribution in [-0.2, 0) is 11.2 Å². The first-order valence-corrected chi connectivity index (χ1v) is 8.04. The molecule has 0 aliphatic heterocycles. The number of nitrogens with one attached hydrogen (secondary N) is 3. The summed E-state index contributed by atoms with van der Waals surface area (Å²) in [7, 11) is 0. The van der Waals surface area contributed by atoms with Gasteiger partial charge in [-0.25, -0.2) is 4.98 Å². The molecule has 2 aromatic rings. The Morgan fingerprint density at radius 3 is 3.00 bits per heavy atom. The second-order valence-electron chi connectivity index (χ2n) is 3.71. The van der Waals surface area contributed by atoms with Crippen molar-refractivity contribution >= 4 is 29.4 Å². The highest BCUT2D eigenvalue weighted by Gasteiger charge is 2.06. The lowest BCUT2D eigenvalue weighted by atomic mass is 10.5. The van der Waals surface area contributed by atoms with Crippen molar-refractivity contribution in [3.63, 3.8) is 0 Å². The van der Waals surface area contributed by atoms with Gasteiger partial charge < -0.3 is 5.32 Å². The van der Waals surface area contributed by atoms with Gasteiger partial charge in [-0.2, -0.15) is 10.3 Å². The molecule has 0 radical (unpaired) electrons. The van der Waals surface area contributed by atoms with Crippen molar-refractivity contribution in [1.29, 1.82) is 0 Å². The zero-order valence-corrected chi connectivity index (χ0v) is 12.6. The molecule has 0 aliphatic rings. The van der Waals surface area contributed by atoms with Gasteiger partial charge >= 0.3 is 0 Å². The molecule has 20 heavy (non-hydrogen) atoms. The van der Waals surface area contributed by atoms with Gasteiger partial charge in [-0.1, -0.05) is 18.7 Å². The molecule has 2 heterocycles. The van der Waals surface area contributed by atoms with E-state index in [0.717, 1.165) is 23.0 Å². The Kier molecular flexibility index (Phi) is 5.87. The first-order valence-electron chi connectivity index (χ1n) is 6.07. The number of rotatable bonds is 8. The van der Waals surface area contributed by atoms with Crippen LogP contribution in [0.3, 0.4) is 0 Å². The average molecular weight is 313 g/mol. The summed E-state index contributed by atoms with van der Waals surface area (Å²) in [5.74, 6) is 1.87. The van der Waals surface area contributed by atoms with Crippen LogP contribution in [0, 0.1) is 0 Å². The number of nitrogens with zero attached hydrogens (tertiary/aromatic N) is 4. The molecule has 2 rings (SSSR count). The van der Waals surface area contributed by atoms with Crippen molar-refractivity contribution in [1.82, 2.24) is 35.9 Å². The zero-order chi connectivity index (χ0) is 14.2. The molecule has 0 atom stereocenters. The number of carbonyl (C=O) groups is 1. The summed E-state index contributed by atoms with van der Waals surface area (Å²) in [6, 6.07) is 0. The van der Waals surface area contributed by atoms with Gasteiger partial charge in [-0.3, -0.25) is 9.89 Å². The van der Waals surface area contributed by atoms with Crippen LogP contribution in [0.1, 0.15) is 12.7 Å². The summed E-state index contributed by atoms with van der Waals surface area (Å²) < 4.78 is 0. The van der Waals surface area contributed by atoms with Crippen molar-refractivity contribution in [2.45, 2.75) is 23.5 Å². The van der Waals surface area contributed by atoms with Crippen LogP contribution >= 0.6 is 23.5 Å². The van der Waals surface area contributed by atoms with E-state index in [2.05, 4.69) is 35.9 Å². The van der Waals surface area contributed by atoms with Crippen LogP contribution in [0.4, 0.5) is 0 Å². The predicted molar refractivity (Wildman–Crippen MR) is 76.6 cm³/mol. The lowest BCUT2D eigenvalue weighted by molar-refractivity contribution is -0.118. The van der Waals surface area contributed by atoms with Gasteiger partial charge in [0.05, 0.1) is 11.9 Å². The van der Waals surface area contributed by atoms with E-state index in [9.17, 15) is 4.79 Å². The van der Waals surface area contributed by atoms with E-state index in [1.165, 1.54) is 23.5 Å². The molecule has 0 saturated carbocycles. The molecule has 0 aromatic carbocycles. The lowest BCUT2D eigenvalue weighted by Gasteiger charge is -2.02. The maximum absolute atomic E-state index is 11.6. The maximum Gasteiger partial charge on any atom is 0.230 e. The lowest BCUT2D eigenvalue weighted by Crippen LogP contribution is -2.27. The first kappa shape index (κ1) is 14.9. The van der Waals surface area contributed by atoms with Crippen molar-refractivity contribution in [3.8, 4) is 0 Å². The van der Waals surface area contributed by atoms with Gasteiger partial charge in [-0.15, -0.1) is 22.0 Å². The normalized spacial score (nSPS) is 10.7. The van der Waals surface area contributed by atoms with E-state index in [0.29, 0.717) is 17.5 Å². The molecule has 0 saturated heterocycles. The molecule has 0 unspecified atom stereocenters. The molecule has 2 aromatic heterocycles. The van der Waals surface area contributed by atoms with Gasteiger partial charge in [0.15, 0.2) is 0 Å². The van der Waals surface area contributed by atoms with Crippen LogP contribution < -0.4 is 5.32 Å². The quantitative estimate of drug-likeness (QED) is 0.480. The number of aromatic amines is 2. The fourth-order valence-corrected chi connectivity index (χ4v) is 2.58. The van der Waals surface area contributed by atoms with Crippen molar-refractivity contribution < 1.29 is 4.79 Å². The summed E-state index contributed by atoms with van der Waals surface area (Å²) in [5, 5.41) is 21.2. The minimum Gasteiger partial charge on any atom is -0.355 e. The zero-order valence-electron chi connectivity index (χ0n) is 10.9. The minimum absolute atomic E-state index is 0.0291. The average Bonchev–Trinajstić information content (AvgIpc) is 3.12. The van der Waals surface area contributed by atoms with Gasteiger partial charge in [0.1, 0.15) is 10.9 Å². The molecule has 10 heteroatoms. The standard InChI is InChI=1S/C10H15N7OS2/c1-2-7-13-10(16-14-7)20-6-8(18)11-3-4-19-9-5-12-17-15-9/h5H,2-4,6H2,1H3,(H,11,18)(H,12,15,17)(H,13,14,16). The summed E-state index contributed by atoms with van der Waals surface area (Å²) >= 11 is 2.85. The largest absolute Gasteiger partial charge is 0.355 e. The number of hydrogen-bond donors (Lipinski definition) is 3. The van der Waals surface area contributed by atoms with Crippen LogP contribution in [-0.4, -0.2) is 54.5 Å². The van der Waals surface area contributed by atoms with E-state index in [4.69, 9.17) is 0 Å². The SMILES string of the molecule is CCc1nc(SCC(=O)NCCSc2cn[nH]n2)n[nH]1. The monoisotopic (exact) mass is 313 g/mol. The number of hydrogen-bond acceptors (Lipinski definition) is 7. The molecule has 0 spiro atoms. The van der Waals surface area contributed by atoms with Gasteiger partial charge in [0.25, 0.3) is 0 Å². The van der Waals surface area contributed by atoms with Crippen LogP contribution in [0.25, 0.3) is 0 Å². The predicted octanol–water partition coefficient (Wildman–Crippen LogP) is 0.486. The van der Waals surface area contributed by atoms with Gasteiger partial charge in [0.2, 0.25) is 11.1 Å².